The average Bonchev–Trinajstić information content (AvgIpc) is 3.08. The predicted octanol–water partition coefficient (Wildman–Crippen LogP) is 1.79. The van der Waals surface area contributed by atoms with Crippen molar-refractivity contribution in [3.63, 3.8) is 0 Å². The Kier molecular flexibility index (Phi) is 3.61. The summed E-state index contributed by atoms with van der Waals surface area (Å²) in [5.74, 6) is -0.123. The fourth-order valence-corrected chi connectivity index (χ4v) is 5.35. The van der Waals surface area contributed by atoms with Crippen LogP contribution in [0.5, 0.6) is 0 Å². The van der Waals surface area contributed by atoms with E-state index >= 15 is 0 Å². The topological polar surface area (TPSA) is 76.1 Å². The van der Waals surface area contributed by atoms with Crippen LogP contribution in [0.4, 0.5) is 0 Å². The number of carbonyl (C=O) groups is 1. The van der Waals surface area contributed by atoms with Crippen LogP contribution in [0.25, 0.3) is 9.88 Å². The van der Waals surface area contributed by atoms with E-state index in [0.717, 1.165) is 9.88 Å². The molecule has 2 aromatic rings. The number of thiophene rings is 1. The number of nitrogens with one attached hydrogen (secondary N) is 1. The third-order valence-electron chi connectivity index (χ3n) is 3.04. The van der Waals surface area contributed by atoms with Crippen molar-refractivity contribution < 1.29 is 13.2 Å². The van der Waals surface area contributed by atoms with Crippen LogP contribution < -0.4 is 5.32 Å². The first kappa shape index (κ1) is 13.7. The number of amides is 1. The largest absolute Gasteiger partial charge is 0.347 e. The van der Waals surface area contributed by atoms with Crippen LogP contribution in [0.3, 0.4) is 0 Å². The molecular formula is C12H12N2O3S3. The molecule has 1 amide bonds. The lowest BCUT2D eigenvalue weighted by Crippen LogP contribution is -2.35. The fourth-order valence-electron chi connectivity index (χ4n) is 2.06. The molecule has 1 saturated heterocycles. The average molecular weight is 328 g/mol. The van der Waals surface area contributed by atoms with Crippen molar-refractivity contribution in [1.82, 2.24) is 10.3 Å². The van der Waals surface area contributed by atoms with Gasteiger partial charge in [0.2, 0.25) is 0 Å². The number of rotatable bonds is 3. The van der Waals surface area contributed by atoms with Gasteiger partial charge in [0.15, 0.2) is 9.84 Å². The molecule has 5 nitrogen and oxygen atoms in total. The quantitative estimate of drug-likeness (QED) is 0.932. The molecular weight excluding hydrogens is 316 g/mol. The minimum absolute atomic E-state index is 0.0284. The Bertz CT molecular complexity index is 719. The fraction of sp³-hybridized carbons (Fsp3) is 0.333. The summed E-state index contributed by atoms with van der Waals surface area (Å²) in [5, 5.41) is 7.21. The minimum Gasteiger partial charge on any atom is -0.347 e. The molecule has 0 aliphatic carbocycles. The summed E-state index contributed by atoms with van der Waals surface area (Å²) in [4.78, 5) is 17.4. The van der Waals surface area contributed by atoms with Gasteiger partial charge in [0.1, 0.15) is 10.7 Å². The summed E-state index contributed by atoms with van der Waals surface area (Å²) in [6.07, 6.45) is 0.482. The van der Waals surface area contributed by atoms with E-state index in [1.165, 1.54) is 11.3 Å². The van der Waals surface area contributed by atoms with E-state index in [9.17, 15) is 13.2 Å². The Morgan fingerprint density at radius 2 is 2.25 bits per heavy atom. The monoisotopic (exact) mass is 328 g/mol. The Morgan fingerprint density at radius 3 is 2.90 bits per heavy atom. The van der Waals surface area contributed by atoms with Gasteiger partial charge in [-0.1, -0.05) is 6.07 Å². The molecule has 0 aromatic carbocycles. The number of aromatic nitrogens is 1. The van der Waals surface area contributed by atoms with Gasteiger partial charge in [-0.3, -0.25) is 4.79 Å². The molecule has 1 unspecified atom stereocenters. The molecule has 0 spiro atoms. The van der Waals surface area contributed by atoms with Crippen molar-refractivity contribution in [3.05, 3.63) is 28.6 Å². The van der Waals surface area contributed by atoms with Gasteiger partial charge in [-0.05, 0) is 17.9 Å². The molecule has 3 rings (SSSR count). The summed E-state index contributed by atoms with van der Waals surface area (Å²) < 4.78 is 22.7. The van der Waals surface area contributed by atoms with Gasteiger partial charge in [-0.25, -0.2) is 13.4 Å². The lowest BCUT2D eigenvalue weighted by atomic mass is 10.2. The van der Waals surface area contributed by atoms with Crippen LogP contribution in [-0.2, 0) is 9.84 Å². The second kappa shape index (κ2) is 5.27. The number of sulfone groups is 1. The molecule has 20 heavy (non-hydrogen) atoms. The molecule has 0 bridgehead atoms. The van der Waals surface area contributed by atoms with Crippen molar-refractivity contribution in [2.45, 2.75) is 12.5 Å². The highest BCUT2D eigenvalue weighted by molar-refractivity contribution is 7.91. The van der Waals surface area contributed by atoms with Gasteiger partial charge in [-0.15, -0.1) is 22.7 Å². The third-order valence-corrected chi connectivity index (χ3v) is 6.69. The summed E-state index contributed by atoms with van der Waals surface area (Å²) in [7, 11) is -2.98. The lowest BCUT2D eigenvalue weighted by Gasteiger charge is -2.08. The molecule has 3 heterocycles. The SMILES string of the molecule is O=C(NC1CCS(=O)(=O)C1)c1csc(-c2cccs2)n1. The highest BCUT2D eigenvalue weighted by atomic mass is 32.2. The summed E-state index contributed by atoms with van der Waals surface area (Å²) in [6, 6.07) is 3.60. The maximum absolute atomic E-state index is 12.0. The van der Waals surface area contributed by atoms with Crippen molar-refractivity contribution in [2.75, 3.05) is 11.5 Å². The van der Waals surface area contributed by atoms with Gasteiger partial charge >= 0.3 is 0 Å². The Morgan fingerprint density at radius 1 is 1.40 bits per heavy atom. The van der Waals surface area contributed by atoms with E-state index in [1.54, 1.807) is 16.7 Å². The summed E-state index contributed by atoms with van der Waals surface area (Å²) in [6.45, 7) is 0. The van der Waals surface area contributed by atoms with Gasteiger partial charge < -0.3 is 5.32 Å². The molecule has 106 valence electrons. The predicted molar refractivity (Wildman–Crippen MR) is 80.0 cm³/mol. The van der Waals surface area contributed by atoms with Crippen LogP contribution >= 0.6 is 22.7 Å². The zero-order valence-electron chi connectivity index (χ0n) is 10.4. The standard InChI is InChI=1S/C12H12N2O3S3/c15-11(13-8-3-5-20(16,17)7-8)9-6-19-12(14-9)10-2-1-4-18-10/h1-2,4,6,8H,3,5,7H2,(H,13,15). The molecule has 1 N–H and O–H groups in total. The van der Waals surface area contributed by atoms with Crippen molar-refractivity contribution in [3.8, 4) is 9.88 Å². The first-order valence-corrected chi connectivity index (χ1v) is 9.62. The number of thiazole rings is 1. The van der Waals surface area contributed by atoms with Crippen LogP contribution in [0, 0.1) is 0 Å². The summed E-state index contributed by atoms with van der Waals surface area (Å²) >= 11 is 2.98. The maximum Gasteiger partial charge on any atom is 0.271 e. The van der Waals surface area contributed by atoms with Crippen LogP contribution in [0.1, 0.15) is 16.9 Å². The van der Waals surface area contributed by atoms with Gasteiger partial charge in [0, 0.05) is 11.4 Å². The van der Waals surface area contributed by atoms with Gasteiger partial charge in [-0.2, -0.15) is 0 Å². The first-order valence-electron chi connectivity index (χ1n) is 6.04. The Hall–Kier alpha value is -1.25. The molecule has 0 saturated carbocycles. The number of hydrogen-bond acceptors (Lipinski definition) is 6. The second-order valence-corrected chi connectivity index (χ2v) is 8.62. The number of nitrogens with zero attached hydrogens (tertiary/aromatic N) is 1. The van der Waals surface area contributed by atoms with Crippen LogP contribution in [0.15, 0.2) is 22.9 Å². The van der Waals surface area contributed by atoms with E-state index in [2.05, 4.69) is 10.3 Å². The van der Waals surface area contributed by atoms with E-state index in [4.69, 9.17) is 0 Å². The van der Waals surface area contributed by atoms with Crippen molar-refractivity contribution in [2.24, 2.45) is 0 Å². The zero-order chi connectivity index (χ0) is 14.2. The molecule has 1 atom stereocenters. The molecule has 2 aromatic heterocycles. The zero-order valence-corrected chi connectivity index (χ0v) is 12.9. The number of hydrogen-bond donors (Lipinski definition) is 1. The van der Waals surface area contributed by atoms with Crippen molar-refractivity contribution >= 4 is 38.4 Å². The molecule has 1 aliphatic heterocycles. The van der Waals surface area contributed by atoms with E-state index in [-0.39, 0.29) is 23.5 Å². The van der Waals surface area contributed by atoms with Gasteiger partial charge in [0.25, 0.3) is 5.91 Å². The number of carbonyl (C=O) groups excluding carboxylic acids is 1. The molecule has 8 heteroatoms. The third kappa shape index (κ3) is 2.92. The molecule has 0 radical (unpaired) electrons. The highest BCUT2D eigenvalue weighted by Gasteiger charge is 2.29. The molecule has 1 fully saturated rings. The summed E-state index contributed by atoms with van der Waals surface area (Å²) in [5.41, 5.74) is 0.350. The highest BCUT2D eigenvalue weighted by Crippen LogP contribution is 2.27. The van der Waals surface area contributed by atoms with Crippen LogP contribution in [-0.4, -0.2) is 36.9 Å². The Labute approximate surface area is 124 Å². The van der Waals surface area contributed by atoms with E-state index < -0.39 is 9.84 Å². The Balaban J connectivity index is 1.69. The van der Waals surface area contributed by atoms with Crippen molar-refractivity contribution in [1.29, 1.82) is 0 Å². The normalized spacial score (nSPS) is 20.9. The second-order valence-electron chi connectivity index (χ2n) is 4.59. The van der Waals surface area contributed by atoms with E-state index in [1.807, 2.05) is 17.5 Å². The minimum atomic E-state index is -2.98. The smallest absolute Gasteiger partial charge is 0.271 e. The molecule has 1 aliphatic rings. The lowest BCUT2D eigenvalue weighted by molar-refractivity contribution is 0.0937. The maximum atomic E-state index is 12.0. The van der Waals surface area contributed by atoms with Crippen LogP contribution in [0.2, 0.25) is 0 Å². The van der Waals surface area contributed by atoms with Gasteiger partial charge in [0.05, 0.1) is 16.4 Å². The van der Waals surface area contributed by atoms with E-state index in [0.29, 0.717) is 12.1 Å². The first-order chi connectivity index (χ1) is 9.53.